The van der Waals surface area contributed by atoms with Crippen molar-refractivity contribution < 1.29 is 19.0 Å². The fourth-order valence-corrected chi connectivity index (χ4v) is 4.55. The lowest BCUT2D eigenvalue weighted by atomic mass is 9.72. The van der Waals surface area contributed by atoms with Crippen LogP contribution >= 0.6 is 0 Å². The molecule has 0 aromatic heterocycles. The van der Waals surface area contributed by atoms with Gasteiger partial charge in [0.15, 0.2) is 0 Å². The molecule has 2 aromatic rings. The van der Waals surface area contributed by atoms with Crippen LogP contribution < -0.4 is 5.32 Å². The summed E-state index contributed by atoms with van der Waals surface area (Å²) in [6.45, 7) is 6.81. The molecule has 3 rings (SSSR count). The van der Waals surface area contributed by atoms with Crippen molar-refractivity contribution in [1.29, 1.82) is 0 Å². The van der Waals surface area contributed by atoms with Crippen LogP contribution in [0.5, 0.6) is 0 Å². The second-order valence-corrected chi connectivity index (χ2v) is 9.91. The first kappa shape index (κ1) is 23.8. The number of aryl methyl sites for hydroxylation is 1. The number of aliphatic hydroxyl groups excluding tert-OH is 2. The molecule has 1 aliphatic rings. The van der Waals surface area contributed by atoms with Crippen LogP contribution in [0.2, 0.25) is 0 Å². The van der Waals surface area contributed by atoms with Gasteiger partial charge >= 0.3 is 0 Å². The van der Waals surface area contributed by atoms with Gasteiger partial charge in [-0.1, -0.05) is 57.9 Å². The molecular formula is C26H35F2NO2. The summed E-state index contributed by atoms with van der Waals surface area (Å²) in [5.74, 6) is -1.21. The molecule has 31 heavy (non-hydrogen) atoms. The van der Waals surface area contributed by atoms with E-state index in [0.29, 0.717) is 31.4 Å². The third kappa shape index (κ3) is 5.91. The molecule has 0 spiro atoms. The Balaban J connectivity index is 1.73. The minimum atomic E-state index is -0.692. The van der Waals surface area contributed by atoms with Crippen molar-refractivity contribution in [3.8, 4) is 0 Å². The molecule has 2 unspecified atom stereocenters. The molecule has 1 fully saturated rings. The maximum absolute atomic E-state index is 13.4. The van der Waals surface area contributed by atoms with Gasteiger partial charge < -0.3 is 15.5 Å². The summed E-state index contributed by atoms with van der Waals surface area (Å²) in [6, 6.07) is 11.8. The standard InChI is InChI=1S/C26H35F2NO2/c1-25(2,3)19-7-6-8-20(15-19)26(12-5-4-9-24(26)31)29-17-23(30)11-10-18-13-21(27)16-22(28)14-18/h6-8,13-16,23-24,29-31H,4-5,9-12,17H2,1-3H3/t23-,24?,26?/m0/s1. The van der Waals surface area contributed by atoms with Crippen LogP contribution in [0.15, 0.2) is 42.5 Å². The van der Waals surface area contributed by atoms with Crippen molar-refractivity contribution in [3.05, 3.63) is 70.8 Å². The Bertz CT molecular complexity index is 860. The van der Waals surface area contributed by atoms with Gasteiger partial charge in [0.05, 0.1) is 17.7 Å². The Labute approximate surface area is 184 Å². The molecule has 170 valence electrons. The molecule has 3 nitrogen and oxygen atoms in total. The Morgan fingerprint density at radius 1 is 1.10 bits per heavy atom. The smallest absolute Gasteiger partial charge is 0.126 e. The predicted octanol–water partition coefficient (Wildman–Crippen LogP) is 4.98. The lowest BCUT2D eigenvalue weighted by molar-refractivity contribution is 0.0116. The van der Waals surface area contributed by atoms with E-state index in [2.05, 4.69) is 44.3 Å². The van der Waals surface area contributed by atoms with Crippen LogP contribution in [-0.4, -0.2) is 29.0 Å². The van der Waals surface area contributed by atoms with Crippen LogP contribution in [0.3, 0.4) is 0 Å². The highest BCUT2D eigenvalue weighted by molar-refractivity contribution is 5.35. The van der Waals surface area contributed by atoms with Gasteiger partial charge in [-0.05, 0) is 59.9 Å². The van der Waals surface area contributed by atoms with Crippen LogP contribution in [-0.2, 0) is 17.4 Å². The summed E-state index contributed by atoms with van der Waals surface area (Å²) < 4.78 is 26.8. The lowest BCUT2D eigenvalue weighted by Gasteiger charge is -2.44. The number of aliphatic hydroxyl groups is 2. The Morgan fingerprint density at radius 2 is 1.81 bits per heavy atom. The van der Waals surface area contributed by atoms with E-state index < -0.39 is 29.4 Å². The summed E-state index contributed by atoms with van der Waals surface area (Å²) in [5, 5.41) is 25.1. The van der Waals surface area contributed by atoms with E-state index in [1.165, 1.54) is 17.7 Å². The van der Waals surface area contributed by atoms with Gasteiger partial charge in [0.2, 0.25) is 0 Å². The first-order chi connectivity index (χ1) is 14.6. The second-order valence-electron chi connectivity index (χ2n) is 9.91. The maximum atomic E-state index is 13.4. The van der Waals surface area contributed by atoms with Gasteiger partial charge in [-0.25, -0.2) is 8.78 Å². The zero-order valence-electron chi connectivity index (χ0n) is 18.8. The topological polar surface area (TPSA) is 52.5 Å². The largest absolute Gasteiger partial charge is 0.392 e. The second kappa shape index (κ2) is 9.76. The molecule has 1 aliphatic carbocycles. The van der Waals surface area contributed by atoms with E-state index in [4.69, 9.17) is 0 Å². The number of rotatable bonds is 7. The van der Waals surface area contributed by atoms with E-state index >= 15 is 0 Å². The Hall–Kier alpha value is -1.82. The third-order valence-corrected chi connectivity index (χ3v) is 6.45. The number of nitrogens with one attached hydrogen (secondary N) is 1. The Morgan fingerprint density at radius 3 is 2.45 bits per heavy atom. The van der Waals surface area contributed by atoms with Gasteiger partial charge in [0, 0.05) is 12.6 Å². The minimum Gasteiger partial charge on any atom is -0.392 e. The normalized spacial score (nSPS) is 23.0. The average molecular weight is 432 g/mol. The zero-order chi connectivity index (χ0) is 22.6. The molecule has 3 N–H and O–H groups in total. The van der Waals surface area contributed by atoms with Gasteiger partial charge in [-0.3, -0.25) is 0 Å². The highest BCUT2D eigenvalue weighted by Crippen LogP contribution is 2.39. The first-order valence-corrected chi connectivity index (χ1v) is 11.3. The molecule has 0 radical (unpaired) electrons. The fourth-order valence-electron chi connectivity index (χ4n) is 4.55. The minimum absolute atomic E-state index is 0.00341. The van der Waals surface area contributed by atoms with E-state index in [0.717, 1.165) is 30.9 Å². The van der Waals surface area contributed by atoms with E-state index in [1.807, 2.05) is 6.07 Å². The number of benzene rings is 2. The van der Waals surface area contributed by atoms with Crippen LogP contribution in [0.4, 0.5) is 8.78 Å². The van der Waals surface area contributed by atoms with Crippen LogP contribution in [0.25, 0.3) is 0 Å². The molecule has 0 bridgehead atoms. The summed E-state index contributed by atoms with van der Waals surface area (Å²) in [4.78, 5) is 0. The van der Waals surface area contributed by atoms with Crippen LogP contribution in [0.1, 0.15) is 69.6 Å². The molecule has 2 aromatic carbocycles. The van der Waals surface area contributed by atoms with Gasteiger partial charge in [-0.2, -0.15) is 0 Å². The lowest BCUT2D eigenvalue weighted by Crippen LogP contribution is -2.55. The molecule has 0 saturated heterocycles. The third-order valence-electron chi connectivity index (χ3n) is 6.45. The summed E-state index contributed by atoms with van der Waals surface area (Å²) in [5.41, 5.74) is 2.17. The van der Waals surface area contributed by atoms with Gasteiger partial charge in [0.25, 0.3) is 0 Å². The number of hydrogen-bond acceptors (Lipinski definition) is 3. The highest BCUT2D eigenvalue weighted by Gasteiger charge is 2.41. The SMILES string of the molecule is CC(C)(C)c1cccc(C2(NC[C@@H](O)CCc3cc(F)cc(F)c3)CCCCC2O)c1. The fraction of sp³-hybridized carbons (Fsp3) is 0.538. The molecule has 0 aliphatic heterocycles. The molecule has 0 heterocycles. The van der Waals surface area contributed by atoms with E-state index in [-0.39, 0.29) is 5.41 Å². The number of hydrogen-bond donors (Lipinski definition) is 3. The molecule has 3 atom stereocenters. The molecule has 5 heteroatoms. The molecule has 0 amide bonds. The summed E-state index contributed by atoms with van der Waals surface area (Å²) >= 11 is 0. The zero-order valence-corrected chi connectivity index (χ0v) is 18.8. The quantitative estimate of drug-likeness (QED) is 0.580. The van der Waals surface area contributed by atoms with Gasteiger partial charge in [0.1, 0.15) is 11.6 Å². The average Bonchev–Trinajstić information content (AvgIpc) is 2.71. The maximum Gasteiger partial charge on any atom is 0.126 e. The Kier molecular flexibility index (Phi) is 7.51. The highest BCUT2D eigenvalue weighted by atomic mass is 19.1. The molecular weight excluding hydrogens is 396 g/mol. The van der Waals surface area contributed by atoms with Crippen molar-refractivity contribution in [3.63, 3.8) is 0 Å². The van der Waals surface area contributed by atoms with Crippen molar-refractivity contribution in [2.75, 3.05) is 6.54 Å². The molecule has 1 saturated carbocycles. The van der Waals surface area contributed by atoms with Crippen molar-refractivity contribution >= 4 is 0 Å². The van der Waals surface area contributed by atoms with Crippen LogP contribution in [0, 0.1) is 11.6 Å². The monoisotopic (exact) mass is 431 g/mol. The predicted molar refractivity (Wildman–Crippen MR) is 120 cm³/mol. The van der Waals surface area contributed by atoms with Crippen molar-refractivity contribution in [2.45, 2.75) is 82.5 Å². The first-order valence-electron chi connectivity index (χ1n) is 11.3. The van der Waals surface area contributed by atoms with E-state index in [1.54, 1.807) is 0 Å². The van der Waals surface area contributed by atoms with Gasteiger partial charge in [-0.15, -0.1) is 0 Å². The van der Waals surface area contributed by atoms with Crippen molar-refractivity contribution in [1.82, 2.24) is 5.32 Å². The summed E-state index contributed by atoms with van der Waals surface area (Å²) in [6.07, 6.45) is 3.02. The van der Waals surface area contributed by atoms with Crippen molar-refractivity contribution in [2.24, 2.45) is 0 Å². The van der Waals surface area contributed by atoms with E-state index in [9.17, 15) is 19.0 Å². The summed E-state index contributed by atoms with van der Waals surface area (Å²) in [7, 11) is 0. The number of halogens is 2.